The average Bonchev–Trinajstić information content (AvgIpc) is 3.85. The van der Waals surface area contributed by atoms with Crippen molar-refractivity contribution in [3.63, 3.8) is 0 Å². The van der Waals surface area contributed by atoms with Crippen LogP contribution in [0.15, 0.2) is 131 Å². The standard InChI is InChI=1S/C43H22N6/c1-2-10-24-18-32-31(17-23(24)9-1)36-21-35-27-13-5-6-14-28(27)39-44-40-29-15-7-8-16-30(29)41-45-42-34-20-26-12-4-3-11-25(26)19-33(34)38-22-37(32)46(36)43(47(35)39,48(38)42)49(40)41/h1-22H/q+2. The molecule has 8 heterocycles. The van der Waals surface area contributed by atoms with Crippen LogP contribution in [0.5, 0.6) is 0 Å². The highest BCUT2D eigenvalue weighted by molar-refractivity contribution is 6.26. The lowest BCUT2D eigenvalue weighted by molar-refractivity contribution is -0.798. The van der Waals surface area contributed by atoms with Crippen LogP contribution in [-0.4, -0.2) is 35.7 Å². The summed E-state index contributed by atoms with van der Waals surface area (Å²) in [5.41, 5.74) is 9.29. The van der Waals surface area contributed by atoms with Crippen molar-refractivity contribution in [2.24, 2.45) is 9.98 Å². The number of fused-ring (bicyclic) bond motifs is 14. The minimum atomic E-state index is -0.869. The van der Waals surface area contributed by atoms with Gasteiger partial charge in [-0.2, -0.15) is 9.13 Å². The van der Waals surface area contributed by atoms with Gasteiger partial charge in [-0.25, -0.2) is 0 Å². The van der Waals surface area contributed by atoms with Gasteiger partial charge in [0.05, 0.1) is 33.3 Å². The Bertz CT molecular complexity index is 3330. The van der Waals surface area contributed by atoms with E-state index in [9.17, 15) is 0 Å². The maximum atomic E-state index is 5.63. The molecule has 6 aliphatic rings. The lowest BCUT2D eigenvalue weighted by Gasteiger charge is -2.39. The molecular formula is C43H22N6+2. The third kappa shape index (κ3) is 2.34. The first kappa shape index (κ1) is 23.6. The van der Waals surface area contributed by atoms with E-state index in [-0.39, 0.29) is 0 Å². The van der Waals surface area contributed by atoms with Gasteiger partial charge in [0.15, 0.2) is 0 Å². The first-order valence-corrected chi connectivity index (χ1v) is 16.9. The molecule has 0 aliphatic carbocycles. The monoisotopic (exact) mass is 622 g/mol. The molecule has 6 aliphatic heterocycles. The highest BCUT2D eigenvalue weighted by Gasteiger charge is 2.71. The molecule has 6 nitrogen and oxygen atoms in total. The summed E-state index contributed by atoms with van der Waals surface area (Å²) in [4.78, 5) is 11.2. The zero-order chi connectivity index (χ0) is 31.3. The summed E-state index contributed by atoms with van der Waals surface area (Å²) >= 11 is 0. The Morgan fingerprint density at radius 3 is 1.96 bits per heavy atom. The zero-order valence-electron chi connectivity index (χ0n) is 25.9. The predicted octanol–water partition coefficient (Wildman–Crippen LogP) is 6.64. The number of aliphatic imine (C=N–C) groups is 1. The first-order valence-electron chi connectivity index (χ1n) is 16.9. The van der Waals surface area contributed by atoms with Crippen molar-refractivity contribution in [2.75, 3.05) is 0 Å². The molecule has 222 valence electrons. The van der Waals surface area contributed by atoms with Gasteiger partial charge in [-0.15, -0.1) is 9.15 Å². The van der Waals surface area contributed by atoms with E-state index in [2.05, 4.69) is 152 Å². The Labute approximate surface area is 277 Å². The van der Waals surface area contributed by atoms with Gasteiger partial charge < -0.3 is 0 Å². The average molecular weight is 623 g/mol. The highest BCUT2D eigenvalue weighted by Crippen LogP contribution is 2.53. The van der Waals surface area contributed by atoms with Crippen LogP contribution in [0.3, 0.4) is 0 Å². The van der Waals surface area contributed by atoms with Crippen molar-refractivity contribution in [1.29, 1.82) is 0 Å². The maximum absolute atomic E-state index is 5.63. The van der Waals surface area contributed by atoms with Crippen molar-refractivity contribution in [3.8, 4) is 0 Å². The van der Waals surface area contributed by atoms with Gasteiger partial charge in [0.2, 0.25) is 22.7 Å². The van der Waals surface area contributed by atoms with E-state index in [1.807, 2.05) is 0 Å². The van der Waals surface area contributed by atoms with Gasteiger partial charge in [0, 0.05) is 33.7 Å². The Balaban J connectivity index is 1.30. The molecule has 14 rings (SSSR count). The summed E-state index contributed by atoms with van der Waals surface area (Å²) in [6.07, 6.45) is 4.83. The lowest BCUT2D eigenvalue weighted by Crippen LogP contribution is -2.70. The van der Waals surface area contributed by atoms with Gasteiger partial charge in [-0.05, 0) is 64.0 Å². The van der Waals surface area contributed by atoms with E-state index in [1.165, 1.54) is 65.9 Å². The topological polar surface area (TPSA) is 40.6 Å². The van der Waals surface area contributed by atoms with Crippen molar-refractivity contribution >= 4 is 84.1 Å². The number of hydrogen-bond acceptors (Lipinski definition) is 2. The van der Waals surface area contributed by atoms with Crippen LogP contribution in [0, 0.1) is 0 Å². The van der Waals surface area contributed by atoms with Gasteiger partial charge in [-0.3, -0.25) is 0 Å². The van der Waals surface area contributed by atoms with E-state index in [1.54, 1.807) is 0 Å². The molecule has 49 heavy (non-hydrogen) atoms. The fraction of sp³-hybridized carbons (Fsp3) is 0.0233. The Morgan fingerprint density at radius 2 is 1.16 bits per heavy atom. The second kappa shape index (κ2) is 7.40. The summed E-state index contributed by atoms with van der Waals surface area (Å²) < 4.78 is 10.1. The molecule has 0 saturated heterocycles. The molecule has 1 spiro atoms. The van der Waals surface area contributed by atoms with Crippen molar-refractivity contribution in [2.45, 2.75) is 5.91 Å². The molecule has 2 aromatic heterocycles. The van der Waals surface area contributed by atoms with Crippen molar-refractivity contribution in [1.82, 2.24) is 9.13 Å². The summed E-state index contributed by atoms with van der Waals surface area (Å²) in [6, 6.07) is 44.4. The molecule has 0 N–H and O–H groups in total. The minimum absolute atomic E-state index is 0.869. The molecule has 0 amide bonds. The highest BCUT2D eigenvalue weighted by atomic mass is 15.7. The van der Waals surface area contributed by atoms with E-state index in [0.29, 0.717) is 0 Å². The lowest BCUT2D eigenvalue weighted by atomic mass is 9.97. The number of hydrogen-bond donors (Lipinski definition) is 0. The van der Waals surface area contributed by atoms with Crippen LogP contribution in [0.2, 0.25) is 0 Å². The normalized spacial score (nSPS) is 19.5. The zero-order valence-corrected chi connectivity index (χ0v) is 25.9. The minimum Gasteiger partial charge on any atom is -0.195 e. The second-order valence-corrected chi connectivity index (χ2v) is 13.9. The van der Waals surface area contributed by atoms with Crippen molar-refractivity contribution in [3.05, 3.63) is 160 Å². The van der Waals surface area contributed by atoms with Crippen LogP contribution >= 0.6 is 0 Å². The van der Waals surface area contributed by atoms with Crippen LogP contribution in [0.4, 0.5) is 5.82 Å². The molecule has 6 heteroatoms. The molecule has 0 fully saturated rings. The Hall–Kier alpha value is -6.66. The van der Waals surface area contributed by atoms with Crippen molar-refractivity contribution < 1.29 is 9.15 Å². The maximum Gasteiger partial charge on any atom is 0.481 e. The van der Waals surface area contributed by atoms with Crippen LogP contribution in [0.25, 0.3) is 60.9 Å². The van der Waals surface area contributed by atoms with Gasteiger partial charge in [0.25, 0.3) is 11.7 Å². The largest absolute Gasteiger partial charge is 0.481 e. The fourth-order valence-electron chi connectivity index (χ4n) is 9.78. The molecule has 6 aromatic carbocycles. The third-order valence-electron chi connectivity index (χ3n) is 11.7. The predicted molar refractivity (Wildman–Crippen MR) is 193 cm³/mol. The summed E-state index contributed by atoms with van der Waals surface area (Å²) in [5.74, 6) is 2.00. The van der Waals surface area contributed by atoms with Gasteiger partial charge in [-0.1, -0.05) is 88.8 Å². The van der Waals surface area contributed by atoms with E-state index in [0.717, 1.165) is 44.9 Å². The molecule has 8 aromatic rings. The van der Waals surface area contributed by atoms with E-state index in [4.69, 9.17) is 9.98 Å². The SMILES string of the molecule is C1=C2c3cc4ccccc4cc3C3=[N+]2C24n5c1c1ccccc1c5N=C1c5ccccc5C(=[N+]12)N=c1c2cc5ccccc5cc2c(n14)=C3. The first-order chi connectivity index (χ1) is 24.3. The van der Waals surface area contributed by atoms with Crippen LogP contribution in [-0.2, 0) is 5.91 Å². The van der Waals surface area contributed by atoms with Crippen LogP contribution < -0.4 is 10.8 Å². The number of nitrogens with zero attached hydrogens (tertiary/aromatic N) is 6. The van der Waals surface area contributed by atoms with Gasteiger partial charge >= 0.3 is 5.91 Å². The molecule has 0 bridgehead atoms. The quantitative estimate of drug-likeness (QED) is 0.170. The Morgan fingerprint density at radius 1 is 0.510 bits per heavy atom. The van der Waals surface area contributed by atoms with E-state index >= 15 is 0 Å². The molecule has 0 radical (unpaired) electrons. The van der Waals surface area contributed by atoms with E-state index < -0.39 is 5.91 Å². The molecule has 0 saturated carbocycles. The smallest absolute Gasteiger partial charge is 0.195 e. The summed E-state index contributed by atoms with van der Waals surface area (Å²) in [7, 11) is 0. The number of amidine groups is 2. The van der Waals surface area contributed by atoms with Crippen LogP contribution in [0.1, 0.15) is 27.9 Å². The molecular weight excluding hydrogens is 601 g/mol. The summed E-state index contributed by atoms with van der Waals surface area (Å²) in [6.45, 7) is 0. The number of rotatable bonds is 0. The number of benzene rings is 6. The molecule has 1 unspecified atom stereocenters. The van der Waals surface area contributed by atoms with Gasteiger partial charge in [0.1, 0.15) is 0 Å². The third-order valence-corrected chi connectivity index (χ3v) is 11.7. The second-order valence-electron chi connectivity index (χ2n) is 13.9. The Kier molecular flexibility index (Phi) is 3.57. The summed E-state index contributed by atoms with van der Waals surface area (Å²) in [5, 5.41) is 10.8. The molecule has 1 atom stereocenters. The fourth-order valence-corrected chi connectivity index (χ4v) is 9.78. The number of aromatic nitrogens is 2.